The number of aldehydes is 1. The maximum Gasteiger partial charge on any atom is 0.387 e. The van der Waals surface area contributed by atoms with E-state index in [9.17, 15) is 13.6 Å². The molecule has 15 heavy (non-hydrogen) atoms. The second-order valence-corrected chi connectivity index (χ2v) is 3.31. The number of alkyl halides is 2. The molecule has 0 heterocycles. The number of benzene rings is 1. The molecule has 0 unspecified atom stereocenters. The van der Waals surface area contributed by atoms with Gasteiger partial charge in [-0.15, -0.1) is 0 Å². The van der Waals surface area contributed by atoms with Crippen molar-refractivity contribution in [3.8, 4) is 5.75 Å². The van der Waals surface area contributed by atoms with Gasteiger partial charge in [-0.05, 0) is 31.0 Å². The highest BCUT2D eigenvalue weighted by molar-refractivity contribution is 5.59. The summed E-state index contributed by atoms with van der Waals surface area (Å²) in [6, 6.07) is 3.34. The molecule has 0 aliphatic carbocycles. The minimum absolute atomic E-state index is 0.0914. The zero-order chi connectivity index (χ0) is 11.4. The average molecular weight is 214 g/mol. The van der Waals surface area contributed by atoms with Crippen LogP contribution in [0.2, 0.25) is 0 Å². The number of hydrogen-bond acceptors (Lipinski definition) is 2. The van der Waals surface area contributed by atoms with Gasteiger partial charge in [-0.2, -0.15) is 8.78 Å². The van der Waals surface area contributed by atoms with Gasteiger partial charge in [0.25, 0.3) is 0 Å². The van der Waals surface area contributed by atoms with Crippen molar-refractivity contribution in [2.75, 3.05) is 0 Å². The van der Waals surface area contributed by atoms with Crippen LogP contribution in [-0.2, 0) is 11.2 Å². The molecular weight excluding hydrogens is 202 g/mol. The fourth-order valence-electron chi connectivity index (χ4n) is 1.50. The van der Waals surface area contributed by atoms with Gasteiger partial charge >= 0.3 is 6.61 Å². The summed E-state index contributed by atoms with van der Waals surface area (Å²) in [7, 11) is 0. The molecule has 0 aliphatic heterocycles. The summed E-state index contributed by atoms with van der Waals surface area (Å²) in [5.41, 5.74) is 2.14. The maximum atomic E-state index is 12.1. The summed E-state index contributed by atoms with van der Waals surface area (Å²) in [5.74, 6) is 0.0922. The van der Waals surface area contributed by atoms with Crippen molar-refractivity contribution in [3.63, 3.8) is 0 Å². The molecule has 0 bridgehead atoms. The molecule has 0 N–H and O–H groups in total. The molecule has 0 radical (unpaired) electrons. The highest BCUT2D eigenvalue weighted by Gasteiger charge is 2.12. The molecule has 0 spiro atoms. The van der Waals surface area contributed by atoms with Gasteiger partial charge in [0.1, 0.15) is 12.0 Å². The number of ether oxygens (including phenoxy) is 1. The van der Waals surface area contributed by atoms with Crippen LogP contribution in [0.1, 0.15) is 16.7 Å². The van der Waals surface area contributed by atoms with E-state index < -0.39 is 6.61 Å². The zero-order valence-corrected chi connectivity index (χ0v) is 8.59. The molecule has 0 atom stereocenters. The molecule has 0 saturated heterocycles. The Morgan fingerprint density at radius 2 is 2.07 bits per heavy atom. The zero-order valence-electron chi connectivity index (χ0n) is 8.59. The van der Waals surface area contributed by atoms with E-state index in [0.717, 1.165) is 11.1 Å². The molecule has 1 aromatic rings. The van der Waals surface area contributed by atoms with Crippen LogP contribution in [0.15, 0.2) is 12.1 Å². The normalized spacial score (nSPS) is 10.5. The van der Waals surface area contributed by atoms with Crippen LogP contribution in [0.25, 0.3) is 0 Å². The van der Waals surface area contributed by atoms with E-state index in [1.54, 1.807) is 13.8 Å². The third-order valence-electron chi connectivity index (χ3n) is 2.08. The Balaban J connectivity index is 3.13. The summed E-state index contributed by atoms with van der Waals surface area (Å²) in [4.78, 5) is 10.4. The van der Waals surface area contributed by atoms with Gasteiger partial charge in [0, 0.05) is 12.0 Å². The van der Waals surface area contributed by atoms with Crippen LogP contribution in [0.5, 0.6) is 5.75 Å². The minimum Gasteiger partial charge on any atom is -0.435 e. The van der Waals surface area contributed by atoms with E-state index in [0.29, 0.717) is 11.8 Å². The predicted molar refractivity (Wildman–Crippen MR) is 52.3 cm³/mol. The van der Waals surface area contributed by atoms with Crippen molar-refractivity contribution >= 4 is 6.29 Å². The second-order valence-electron chi connectivity index (χ2n) is 3.31. The van der Waals surface area contributed by atoms with Crippen molar-refractivity contribution in [2.45, 2.75) is 26.9 Å². The van der Waals surface area contributed by atoms with Gasteiger partial charge in [-0.3, -0.25) is 0 Å². The lowest BCUT2D eigenvalue weighted by molar-refractivity contribution is -0.107. The fourth-order valence-corrected chi connectivity index (χ4v) is 1.50. The van der Waals surface area contributed by atoms with Crippen molar-refractivity contribution in [2.24, 2.45) is 0 Å². The smallest absolute Gasteiger partial charge is 0.387 e. The van der Waals surface area contributed by atoms with Gasteiger partial charge in [-0.25, -0.2) is 0 Å². The van der Waals surface area contributed by atoms with Crippen molar-refractivity contribution < 1.29 is 18.3 Å². The molecule has 4 heteroatoms. The van der Waals surface area contributed by atoms with E-state index in [4.69, 9.17) is 0 Å². The molecule has 0 aliphatic rings. The molecule has 82 valence electrons. The second kappa shape index (κ2) is 4.87. The van der Waals surface area contributed by atoms with Crippen LogP contribution in [0.3, 0.4) is 0 Å². The third kappa shape index (κ3) is 3.01. The van der Waals surface area contributed by atoms with Gasteiger partial charge in [0.15, 0.2) is 0 Å². The lowest BCUT2D eigenvalue weighted by Crippen LogP contribution is -2.06. The summed E-state index contributed by atoms with van der Waals surface area (Å²) in [6.45, 7) is 0.691. The Bertz CT molecular complexity index is 362. The van der Waals surface area contributed by atoms with Gasteiger partial charge in [0.2, 0.25) is 0 Å². The van der Waals surface area contributed by atoms with Crippen molar-refractivity contribution in [1.29, 1.82) is 0 Å². The van der Waals surface area contributed by atoms with Crippen LogP contribution < -0.4 is 4.74 Å². The minimum atomic E-state index is -2.86. The van der Waals surface area contributed by atoms with E-state index in [2.05, 4.69) is 4.74 Å². The topological polar surface area (TPSA) is 26.3 Å². The Hall–Kier alpha value is -1.45. The number of rotatable bonds is 4. The molecule has 0 amide bonds. The van der Waals surface area contributed by atoms with Crippen LogP contribution in [-0.4, -0.2) is 12.9 Å². The molecule has 1 rings (SSSR count). The highest BCUT2D eigenvalue weighted by Crippen LogP contribution is 2.25. The SMILES string of the molecule is Cc1cc(C)c(CC=O)c(OC(F)F)c1. The largest absolute Gasteiger partial charge is 0.435 e. The van der Waals surface area contributed by atoms with Crippen LogP contribution in [0.4, 0.5) is 8.78 Å². The first-order valence-corrected chi connectivity index (χ1v) is 4.53. The molecule has 0 saturated carbocycles. The van der Waals surface area contributed by atoms with Crippen LogP contribution in [0, 0.1) is 13.8 Å². The number of hydrogen-bond donors (Lipinski definition) is 0. The number of carbonyl (C=O) groups excluding carboxylic acids is 1. The van der Waals surface area contributed by atoms with Crippen molar-refractivity contribution in [1.82, 2.24) is 0 Å². The number of halogens is 2. The lowest BCUT2D eigenvalue weighted by Gasteiger charge is -2.12. The van der Waals surface area contributed by atoms with Gasteiger partial charge in [0.05, 0.1) is 0 Å². The molecule has 2 nitrogen and oxygen atoms in total. The van der Waals surface area contributed by atoms with Crippen LogP contribution >= 0.6 is 0 Å². The summed E-state index contributed by atoms with van der Waals surface area (Å²) in [5, 5.41) is 0. The Kier molecular flexibility index (Phi) is 3.77. The lowest BCUT2D eigenvalue weighted by atomic mass is 10.0. The van der Waals surface area contributed by atoms with E-state index in [-0.39, 0.29) is 12.2 Å². The first-order chi connectivity index (χ1) is 7.04. The fraction of sp³-hybridized carbons (Fsp3) is 0.364. The van der Waals surface area contributed by atoms with Gasteiger partial charge < -0.3 is 9.53 Å². The summed E-state index contributed by atoms with van der Waals surface area (Å²) in [6.07, 6.45) is 0.768. The molecule has 1 aromatic carbocycles. The first-order valence-electron chi connectivity index (χ1n) is 4.53. The Morgan fingerprint density at radius 3 is 2.60 bits per heavy atom. The monoisotopic (exact) mass is 214 g/mol. The molecule has 0 aromatic heterocycles. The van der Waals surface area contributed by atoms with E-state index in [1.165, 1.54) is 6.07 Å². The number of carbonyl (C=O) groups is 1. The maximum absolute atomic E-state index is 12.1. The Morgan fingerprint density at radius 1 is 1.40 bits per heavy atom. The average Bonchev–Trinajstić information content (AvgIpc) is 2.10. The summed E-state index contributed by atoms with van der Waals surface area (Å²) < 4.78 is 28.6. The van der Waals surface area contributed by atoms with Gasteiger partial charge in [-0.1, -0.05) is 6.07 Å². The van der Waals surface area contributed by atoms with E-state index in [1.807, 2.05) is 6.07 Å². The highest BCUT2D eigenvalue weighted by atomic mass is 19.3. The quantitative estimate of drug-likeness (QED) is 0.720. The summed E-state index contributed by atoms with van der Waals surface area (Å²) >= 11 is 0. The molecular formula is C11H12F2O2. The standard InChI is InChI=1S/C11H12F2O2/c1-7-5-8(2)9(3-4-14)10(6-7)15-11(12)13/h4-6,11H,3H2,1-2H3. The van der Waals surface area contributed by atoms with E-state index >= 15 is 0 Å². The number of aryl methyl sites for hydroxylation is 2. The molecule has 0 fully saturated rings. The Labute approximate surface area is 86.9 Å². The third-order valence-corrected chi connectivity index (χ3v) is 2.08. The first kappa shape index (κ1) is 11.6. The van der Waals surface area contributed by atoms with Crippen molar-refractivity contribution in [3.05, 3.63) is 28.8 Å². The predicted octanol–water partition coefficient (Wildman–Crippen LogP) is 2.65.